The molecule has 0 saturated heterocycles. The number of aromatic nitrogens is 6. The van der Waals surface area contributed by atoms with Crippen LogP contribution in [0.1, 0.15) is 18.7 Å². The molecule has 0 saturated carbocycles. The molecule has 154 valence electrons. The second-order valence-electron chi connectivity index (χ2n) is 6.60. The van der Waals surface area contributed by atoms with Crippen LogP contribution in [0.15, 0.2) is 54.0 Å². The molecule has 0 radical (unpaired) electrons. The monoisotopic (exact) mass is 416 g/mol. The van der Waals surface area contributed by atoms with E-state index in [1.165, 1.54) is 33.9 Å². The van der Waals surface area contributed by atoms with Crippen LogP contribution in [-0.4, -0.2) is 41.0 Å². The number of rotatable bonds is 4. The maximum atomic E-state index is 13.0. The van der Waals surface area contributed by atoms with E-state index in [9.17, 15) is 23.1 Å². The Kier molecular flexibility index (Phi) is 4.82. The summed E-state index contributed by atoms with van der Waals surface area (Å²) in [6.45, 7) is 1.39. The fraction of sp³-hybridized carbons (Fsp3) is 0.211. The van der Waals surface area contributed by atoms with Crippen LogP contribution < -0.4 is 5.56 Å². The second-order valence-corrected chi connectivity index (χ2v) is 6.60. The van der Waals surface area contributed by atoms with Crippen molar-refractivity contribution in [3.8, 4) is 17.1 Å². The molecule has 8 nitrogen and oxygen atoms in total. The summed E-state index contributed by atoms with van der Waals surface area (Å²) in [5.41, 5.74) is -0.641. The van der Waals surface area contributed by atoms with E-state index in [0.29, 0.717) is 5.56 Å². The van der Waals surface area contributed by atoms with E-state index in [0.717, 1.165) is 12.3 Å². The number of alkyl halides is 3. The highest BCUT2D eigenvalue weighted by molar-refractivity contribution is 5.87. The number of halogens is 3. The van der Waals surface area contributed by atoms with Crippen molar-refractivity contribution in [3.05, 3.63) is 65.2 Å². The summed E-state index contributed by atoms with van der Waals surface area (Å²) in [4.78, 5) is 25.2. The number of pyridine rings is 2. The zero-order chi connectivity index (χ0) is 21.5. The van der Waals surface area contributed by atoms with Crippen molar-refractivity contribution in [2.24, 2.45) is 0 Å². The maximum absolute atomic E-state index is 13.0. The number of hydrogen-bond donors (Lipinski definition) is 1. The molecule has 0 amide bonds. The first-order valence-electron chi connectivity index (χ1n) is 8.86. The fourth-order valence-corrected chi connectivity index (χ4v) is 2.94. The van der Waals surface area contributed by atoms with E-state index >= 15 is 0 Å². The normalized spacial score (nSPS) is 13.0. The molecule has 0 unspecified atom stereocenters. The van der Waals surface area contributed by atoms with Gasteiger partial charge in [0.2, 0.25) is 0 Å². The molecule has 30 heavy (non-hydrogen) atoms. The topological polar surface area (TPSA) is 98.7 Å². The summed E-state index contributed by atoms with van der Waals surface area (Å²) in [6.07, 6.45) is 0.942. The van der Waals surface area contributed by atoms with Crippen LogP contribution >= 0.6 is 0 Å². The molecular weight excluding hydrogens is 401 g/mol. The van der Waals surface area contributed by atoms with Crippen LogP contribution in [0.25, 0.3) is 28.0 Å². The SMILES string of the molecule is C[C@@H](CO)n1cnc2c(-n3cccn3)nc(-c3ccc(C(F)(F)F)nc3)cc2c1=O. The van der Waals surface area contributed by atoms with E-state index < -0.39 is 23.5 Å². The Labute approximate surface area is 167 Å². The number of aliphatic hydroxyl groups is 1. The third-order valence-corrected chi connectivity index (χ3v) is 4.56. The number of fused-ring (bicyclic) bond motifs is 1. The molecule has 11 heteroatoms. The Balaban J connectivity index is 1.96. The van der Waals surface area contributed by atoms with Crippen LogP contribution in [0.5, 0.6) is 0 Å². The van der Waals surface area contributed by atoms with Gasteiger partial charge in [-0.15, -0.1) is 0 Å². The maximum Gasteiger partial charge on any atom is 0.433 e. The lowest BCUT2D eigenvalue weighted by molar-refractivity contribution is -0.141. The zero-order valence-electron chi connectivity index (χ0n) is 15.6. The third kappa shape index (κ3) is 3.43. The Bertz CT molecular complexity index is 1250. The Hall–Kier alpha value is -3.60. The number of nitrogens with zero attached hydrogens (tertiary/aromatic N) is 6. The van der Waals surface area contributed by atoms with Gasteiger partial charge in [-0.25, -0.2) is 14.6 Å². The quantitative estimate of drug-likeness (QED) is 0.549. The minimum absolute atomic E-state index is 0.188. The van der Waals surface area contributed by atoms with E-state index in [-0.39, 0.29) is 29.0 Å². The molecule has 0 aliphatic heterocycles. The number of hydrogen-bond acceptors (Lipinski definition) is 6. The highest BCUT2D eigenvalue weighted by Gasteiger charge is 2.32. The molecule has 0 aliphatic rings. The molecule has 4 aromatic rings. The first-order valence-corrected chi connectivity index (χ1v) is 8.86. The Morgan fingerprint density at radius 3 is 2.63 bits per heavy atom. The van der Waals surface area contributed by atoms with Gasteiger partial charge < -0.3 is 5.11 Å². The lowest BCUT2D eigenvalue weighted by Crippen LogP contribution is -2.26. The van der Waals surface area contributed by atoms with Crippen molar-refractivity contribution >= 4 is 10.9 Å². The van der Waals surface area contributed by atoms with Crippen molar-refractivity contribution in [1.29, 1.82) is 0 Å². The van der Waals surface area contributed by atoms with E-state index in [4.69, 9.17) is 0 Å². The van der Waals surface area contributed by atoms with Crippen LogP contribution in [0.2, 0.25) is 0 Å². The van der Waals surface area contributed by atoms with Crippen molar-refractivity contribution < 1.29 is 18.3 Å². The van der Waals surface area contributed by atoms with Crippen molar-refractivity contribution in [2.75, 3.05) is 6.61 Å². The lowest BCUT2D eigenvalue weighted by Gasteiger charge is -2.14. The molecular formula is C19H15F3N6O2. The molecule has 0 fully saturated rings. The molecule has 0 spiro atoms. The van der Waals surface area contributed by atoms with Gasteiger partial charge in [0.25, 0.3) is 5.56 Å². The van der Waals surface area contributed by atoms with Crippen LogP contribution in [0.3, 0.4) is 0 Å². The molecule has 4 rings (SSSR count). The third-order valence-electron chi connectivity index (χ3n) is 4.56. The summed E-state index contributed by atoms with van der Waals surface area (Å²) in [5.74, 6) is 0.244. The van der Waals surface area contributed by atoms with E-state index in [1.54, 1.807) is 19.2 Å². The minimum atomic E-state index is -4.56. The summed E-state index contributed by atoms with van der Waals surface area (Å²) in [7, 11) is 0. The van der Waals surface area contributed by atoms with Crippen LogP contribution in [0, 0.1) is 0 Å². The van der Waals surface area contributed by atoms with Gasteiger partial charge in [0.05, 0.1) is 30.1 Å². The summed E-state index contributed by atoms with van der Waals surface area (Å²) in [5, 5.41) is 13.7. The van der Waals surface area contributed by atoms with Crippen LogP contribution in [-0.2, 0) is 6.18 Å². The van der Waals surface area contributed by atoms with Crippen molar-refractivity contribution in [1.82, 2.24) is 29.3 Å². The summed E-state index contributed by atoms with van der Waals surface area (Å²) in [6, 6.07) is 4.69. The van der Waals surface area contributed by atoms with Gasteiger partial charge in [-0.1, -0.05) is 0 Å². The van der Waals surface area contributed by atoms with Crippen molar-refractivity contribution in [2.45, 2.75) is 19.1 Å². The molecule has 1 N–H and O–H groups in total. The first kappa shape index (κ1) is 19.7. The Morgan fingerprint density at radius 2 is 2.03 bits per heavy atom. The highest BCUT2D eigenvalue weighted by Crippen LogP contribution is 2.29. The largest absolute Gasteiger partial charge is 0.433 e. The van der Waals surface area contributed by atoms with Gasteiger partial charge >= 0.3 is 6.18 Å². The van der Waals surface area contributed by atoms with Gasteiger partial charge in [0.15, 0.2) is 5.82 Å². The minimum Gasteiger partial charge on any atom is -0.394 e. The molecule has 4 aromatic heterocycles. The second kappa shape index (κ2) is 7.34. The average molecular weight is 416 g/mol. The fourth-order valence-electron chi connectivity index (χ4n) is 2.94. The molecule has 0 aromatic carbocycles. The van der Waals surface area contributed by atoms with E-state index in [2.05, 4.69) is 20.1 Å². The predicted molar refractivity (Wildman–Crippen MR) is 101 cm³/mol. The van der Waals surface area contributed by atoms with Crippen molar-refractivity contribution in [3.63, 3.8) is 0 Å². The van der Waals surface area contributed by atoms with Gasteiger partial charge in [-0.2, -0.15) is 18.3 Å². The van der Waals surface area contributed by atoms with Gasteiger partial charge in [0.1, 0.15) is 11.2 Å². The highest BCUT2D eigenvalue weighted by atomic mass is 19.4. The lowest BCUT2D eigenvalue weighted by atomic mass is 10.1. The predicted octanol–water partition coefficient (Wildman–Crippen LogP) is 2.61. The first-order chi connectivity index (χ1) is 14.3. The Morgan fingerprint density at radius 1 is 1.23 bits per heavy atom. The smallest absolute Gasteiger partial charge is 0.394 e. The average Bonchev–Trinajstić information content (AvgIpc) is 3.27. The molecule has 0 bridgehead atoms. The summed E-state index contributed by atoms with van der Waals surface area (Å²) >= 11 is 0. The standard InChI is InChI=1S/C19H15F3N6O2/c1-11(9-29)27-10-24-16-13(18(27)30)7-14(26-17(16)28-6-2-5-25-28)12-3-4-15(23-8-12)19(20,21)22/h2-8,10-11,29H,9H2,1H3/t11-/m0/s1. The summed E-state index contributed by atoms with van der Waals surface area (Å²) < 4.78 is 41.2. The molecule has 0 aliphatic carbocycles. The van der Waals surface area contributed by atoms with E-state index in [1.807, 2.05) is 0 Å². The zero-order valence-corrected chi connectivity index (χ0v) is 15.6. The number of aliphatic hydroxyl groups excluding tert-OH is 1. The van der Waals surface area contributed by atoms with Gasteiger partial charge in [-0.3, -0.25) is 14.3 Å². The van der Waals surface area contributed by atoms with Gasteiger partial charge in [-0.05, 0) is 31.2 Å². The van der Waals surface area contributed by atoms with Gasteiger partial charge in [0, 0.05) is 24.2 Å². The van der Waals surface area contributed by atoms with Crippen LogP contribution in [0.4, 0.5) is 13.2 Å². The molecule has 4 heterocycles. The molecule has 1 atom stereocenters.